The molecule has 0 spiro atoms. The molecule has 1 saturated heterocycles. The smallest absolute Gasteiger partial charge is 0.347 e. The zero-order valence-corrected chi connectivity index (χ0v) is 19.2. The van der Waals surface area contributed by atoms with Gasteiger partial charge in [0, 0.05) is 63.8 Å². The Hall–Kier alpha value is -3.15. The predicted molar refractivity (Wildman–Crippen MR) is 126 cm³/mol. The number of aromatic nitrogens is 4. The number of carboxylic acid groups (broad SMARTS) is 1. The van der Waals surface area contributed by atoms with E-state index >= 15 is 0 Å². The summed E-state index contributed by atoms with van der Waals surface area (Å²) in [5.41, 5.74) is 3.86. The summed E-state index contributed by atoms with van der Waals surface area (Å²) in [6, 6.07) is 4.05. The number of fused-ring (bicyclic) bond motifs is 1. The zero-order chi connectivity index (χ0) is 22.8. The quantitative estimate of drug-likeness (QED) is 0.498. The van der Waals surface area contributed by atoms with Crippen LogP contribution >= 0.6 is 11.3 Å². The Morgan fingerprint density at radius 1 is 1.24 bits per heavy atom. The van der Waals surface area contributed by atoms with Crippen molar-refractivity contribution in [1.82, 2.24) is 30.2 Å². The van der Waals surface area contributed by atoms with E-state index in [-0.39, 0.29) is 4.88 Å². The number of anilines is 3. The Morgan fingerprint density at radius 3 is 2.82 bits per heavy atom. The van der Waals surface area contributed by atoms with Gasteiger partial charge in [-0.2, -0.15) is 4.98 Å². The van der Waals surface area contributed by atoms with Gasteiger partial charge >= 0.3 is 5.97 Å². The van der Waals surface area contributed by atoms with Gasteiger partial charge in [0.25, 0.3) is 0 Å². The second-order valence-corrected chi connectivity index (χ2v) is 9.22. The molecule has 0 radical (unpaired) electrons. The van der Waals surface area contributed by atoms with Gasteiger partial charge < -0.3 is 15.3 Å². The van der Waals surface area contributed by atoms with Crippen LogP contribution in [0.3, 0.4) is 0 Å². The highest BCUT2D eigenvalue weighted by atomic mass is 32.1. The van der Waals surface area contributed by atoms with Crippen LogP contribution in [0.2, 0.25) is 0 Å². The number of piperazine rings is 1. The number of pyridine rings is 1. The Balaban J connectivity index is 1.45. The molecular formula is C22H26N8O2S. The van der Waals surface area contributed by atoms with Gasteiger partial charge in [0.05, 0.1) is 11.4 Å². The van der Waals surface area contributed by atoms with Crippen LogP contribution in [0.4, 0.5) is 16.9 Å². The average Bonchev–Trinajstić information content (AvgIpc) is 3.20. The first-order chi connectivity index (χ1) is 16.1. The van der Waals surface area contributed by atoms with Crippen LogP contribution < -0.4 is 15.5 Å². The molecule has 0 unspecified atom stereocenters. The van der Waals surface area contributed by atoms with Crippen LogP contribution in [-0.4, -0.2) is 68.6 Å². The maximum atomic E-state index is 11.4. The minimum absolute atomic E-state index is 0.223. The number of aromatic carboxylic acids is 1. The molecule has 172 valence electrons. The van der Waals surface area contributed by atoms with Crippen LogP contribution in [0.1, 0.15) is 32.2 Å². The highest BCUT2D eigenvalue weighted by Gasteiger charge is 2.26. The van der Waals surface area contributed by atoms with Crippen LogP contribution in [0.15, 0.2) is 24.5 Å². The van der Waals surface area contributed by atoms with Gasteiger partial charge in [-0.15, -0.1) is 0 Å². The first-order valence-electron chi connectivity index (χ1n) is 11.0. The normalized spacial score (nSPS) is 16.5. The van der Waals surface area contributed by atoms with E-state index in [0.717, 1.165) is 75.1 Å². The molecule has 3 aromatic heterocycles. The number of rotatable bonds is 6. The van der Waals surface area contributed by atoms with E-state index in [2.05, 4.69) is 36.5 Å². The van der Waals surface area contributed by atoms with Crippen molar-refractivity contribution in [3.05, 3.63) is 51.9 Å². The average molecular weight is 467 g/mol. The van der Waals surface area contributed by atoms with Gasteiger partial charge in [0.15, 0.2) is 5.13 Å². The number of nitrogens with one attached hydrogen (secondary N) is 2. The molecule has 0 aliphatic carbocycles. The molecule has 2 aliphatic heterocycles. The number of carboxylic acids is 1. The van der Waals surface area contributed by atoms with Crippen LogP contribution in [0.5, 0.6) is 0 Å². The fourth-order valence-electron chi connectivity index (χ4n) is 4.29. The lowest BCUT2D eigenvalue weighted by Crippen LogP contribution is -2.45. The highest BCUT2D eigenvalue weighted by Crippen LogP contribution is 2.31. The Labute approximate surface area is 195 Å². The van der Waals surface area contributed by atoms with Crippen LogP contribution in [0.25, 0.3) is 0 Å². The third-order valence-corrected chi connectivity index (χ3v) is 6.94. The van der Waals surface area contributed by atoms with Crippen molar-refractivity contribution in [3.63, 3.8) is 0 Å². The van der Waals surface area contributed by atoms with Crippen LogP contribution in [0, 0.1) is 6.92 Å². The molecule has 0 amide bonds. The van der Waals surface area contributed by atoms with Gasteiger partial charge in [-0.25, -0.2) is 14.8 Å². The molecule has 0 atom stereocenters. The van der Waals surface area contributed by atoms with Crippen LogP contribution in [-0.2, 0) is 19.5 Å². The summed E-state index contributed by atoms with van der Waals surface area (Å²) < 4.78 is 0. The van der Waals surface area contributed by atoms with E-state index < -0.39 is 5.97 Å². The van der Waals surface area contributed by atoms with Crippen molar-refractivity contribution < 1.29 is 9.90 Å². The molecule has 33 heavy (non-hydrogen) atoms. The molecule has 5 heterocycles. The number of thiazole rings is 1. The fraction of sp³-hybridized carbons (Fsp3) is 0.409. The summed E-state index contributed by atoms with van der Waals surface area (Å²) in [7, 11) is 0. The van der Waals surface area contributed by atoms with E-state index in [1.54, 1.807) is 13.1 Å². The van der Waals surface area contributed by atoms with Crippen molar-refractivity contribution in [2.45, 2.75) is 26.4 Å². The molecular weight excluding hydrogens is 440 g/mol. The summed E-state index contributed by atoms with van der Waals surface area (Å²) in [4.78, 5) is 34.6. The lowest BCUT2D eigenvalue weighted by atomic mass is 10.0. The summed E-state index contributed by atoms with van der Waals surface area (Å²) >= 11 is 1.10. The van der Waals surface area contributed by atoms with E-state index in [1.807, 2.05) is 12.3 Å². The topological polar surface area (TPSA) is 119 Å². The second-order valence-electron chi connectivity index (χ2n) is 8.22. The number of hydrogen-bond donors (Lipinski definition) is 3. The maximum absolute atomic E-state index is 11.4. The summed E-state index contributed by atoms with van der Waals surface area (Å²) in [5, 5.41) is 16.4. The first-order valence-corrected chi connectivity index (χ1v) is 11.8. The molecule has 10 nitrogen and oxygen atoms in total. The van der Waals surface area contributed by atoms with Crippen molar-refractivity contribution in [3.8, 4) is 0 Å². The number of aryl methyl sites for hydroxylation is 1. The van der Waals surface area contributed by atoms with Gasteiger partial charge in [0.1, 0.15) is 10.7 Å². The number of hydrogen-bond acceptors (Lipinski definition) is 10. The van der Waals surface area contributed by atoms with E-state index in [4.69, 9.17) is 9.97 Å². The fourth-order valence-corrected chi connectivity index (χ4v) is 5.09. The molecule has 11 heteroatoms. The Kier molecular flexibility index (Phi) is 6.16. The molecule has 5 rings (SSSR count). The highest BCUT2D eigenvalue weighted by molar-refractivity contribution is 7.17. The molecule has 0 bridgehead atoms. The molecule has 3 aromatic rings. The number of nitrogens with zero attached hydrogens (tertiary/aromatic N) is 6. The lowest BCUT2D eigenvalue weighted by Gasteiger charge is -2.34. The second kappa shape index (κ2) is 9.38. The minimum Gasteiger partial charge on any atom is -0.477 e. The standard InChI is InChI=1S/C22H26N8O2S/c1-14-18(20(31)32)33-22(25-14)28-21-26-17-13-29(12-15-3-2-5-24-11-15)8-4-16(17)19(27-21)30-9-6-23-7-10-30/h2-3,5,11,23H,4,6-10,12-13H2,1H3,(H,31,32)(H,25,26,27,28). The van der Waals surface area contributed by atoms with E-state index in [1.165, 1.54) is 11.1 Å². The van der Waals surface area contributed by atoms with Crippen molar-refractivity contribution >= 4 is 34.2 Å². The molecule has 2 aliphatic rings. The summed E-state index contributed by atoms with van der Waals surface area (Å²) in [6.07, 6.45) is 4.57. The zero-order valence-electron chi connectivity index (χ0n) is 18.4. The molecule has 3 N–H and O–H groups in total. The SMILES string of the molecule is Cc1nc(Nc2nc3c(c(N4CCNCC4)n2)CCN(Cc2cccnc2)C3)sc1C(=O)O. The lowest BCUT2D eigenvalue weighted by molar-refractivity contribution is 0.0701. The maximum Gasteiger partial charge on any atom is 0.347 e. The van der Waals surface area contributed by atoms with Crippen molar-refractivity contribution in [2.24, 2.45) is 0 Å². The molecule has 0 aromatic carbocycles. The number of carbonyl (C=O) groups is 1. The summed E-state index contributed by atoms with van der Waals surface area (Å²) in [5.74, 6) is 0.449. The predicted octanol–water partition coefficient (Wildman–Crippen LogP) is 2.05. The third kappa shape index (κ3) is 4.80. The van der Waals surface area contributed by atoms with Gasteiger partial charge in [-0.3, -0.25) is 15.2 Å². The van der Waals surface area contributed by atoms with Gasteiger partial charge in [-0.1, -0.05) is 17.4 Å². The largest absolute Gasteiger partial charge is 0.477 e. The Morgan fingerprint density at radius 2 is 2.09 bits per heavy atom. The van der Waals surface area contributed by atoms with Gasteiger partial charge in [0.2, 0.25) is 5.95 Å². The van der Waals surface area contributed by atoms with Crippen molar-refractivity contribution in [1.29, 1.82) is 0 Å². The molecule has 0 saturated carbocycles. The minimum atomic E-state index is -0.975. The third-order valence-electron chi connectivity index (χ3n) is 5.88. The summed E-state index contributed by atoms with van der Waals surface area (Å²) in [6.45, 7) is 7.79. The van der Waals surface area contributed by atoms with Gasteiger partial charge in [-0.05, 0) is 25.0 Å². The monoisotopic (exact) mass is 466 g/mol. The molecule has 1 fully saturated rings. The first kappa shape index (κ1) is 21.7. The Bertz CT molecular complexity index is 1150. The van der Waals surface area contributed by atoms with E-state index in [9.17, 15) is 9.90 Å². The van der Waals surface area contributed by atoms with Crippen molar-refractivity contribution in [2.75, 3.05) is 42.9 Å². The van der Waals surface area contributed by atoms with E-state index in [0.29, 0.717) is 16.8 Å².